The van der Waals surface area contributed by atoms with Crippen LogP contribution in [0.4, 0.5) is 0 Å². The lowest BCUT2D eigenvalue weighted by molar-refractivity contribution is 0.468. The summed E-state index contributed by atoms with van der Waals surface area (Å²) in [6, 6.07) is 8.57. The first-order valence-electron chi connectivity index (χ1n) is 5.80. The van der Waals surface area contributed by atoms with Crippen LogP contribution < -0.4 is 0 Å². The second kappa shape index (κ2) is 4.38. The predicted octanol–water partition coefficient (Wildman–Crippen LogP) is 2.78. The standard InChI is InChI=1S/C12H14N2OS2/c15-17-7-5-9(6-8-17)14-11-4-2-1-3-10(11)13-12(14)16/h1-4,9H,5-8H2,(H,13,16). The zero-order chi connectivity index (χ0) is 11.8. The van der Waals surface area contributed by atoms with E-state index in [1.165, 1.54) is 0 Å². The van der Waals surface area contributed by atoms with Crippen molar-refractivity contribution in [3.05, 3.63) is 29.0 Å². The van der Waals surface area contributed by atoms with E-state index in [0.29, 0.717) is 6.04 Å². The number of H-pyrrole nitrogens is 1. The summed E-state index contributed by atoms with van der Waals surface area (Å²) in [5.41, 5.74) is 2.25. The van der Waals surface area contributed by atoms with E-state index in [0.717, 1.165) is 40.2 Å². The number of nitrogens with zero attached hydrogens (tertiary/aromatic N) is 1. The fourth-order valence-electron chi connectivity index (χ4n) is 2.48. The minimum atomic E-state index is -0.620. The summed E-state index contributed by atoms with van der Waals surface area (Å²) in [6.45, 7) is 0. The monoisotopic (exact) mass is 266 g/mol. The number of fused-ring (bicyclic) bond motifs is 1. The van der Waals surface area contributed by atoms with E-state index in [9.17, 15) is 4.21 Å². The van der Waals surface area contributed by atoms with Crippen LogP contribution in [-0.4, -0.2) is 25.3 Å². The van der Waals surface area contributed by atoms with Gasteiger partial charge in [-0.3, -0.25) is 4.21 Å². The molecule has 1 saturated heterocycles. The molecule has 0 unspecified atom stereocenters. The van der Waals surface area contributed by atoms with Gasteiger partial charge in [-0.2, -0.15) is 0 Å². The van der Waals surface area contributed by atoms with E-state index in [1.54, 1.807) is 0 Å². The predicted molar refractivity (Wildman–Crippen MR) is 73.3 cm³/mol. The third kappa shape index (κ3) is 1.98. The molecule has 0 radical (unpaired) electrons. The fraction of sp³-hybridized carbons (Fsp3) is 0.417. The first kappa shape index (κ1) is 11.2. The third-order valence-electron chi connectivity index (χ3n) is 3.35. The number of hydrogen-bond donors (Lipinski definition) is 1. The topological polar surface area (TPSA) is 37.8 Å². The highest BCUT2D eigenvalue weighted by atomic mass is 32.2. The highest BCUT2D eigenvalue weighted by Crippen LogP contribution is 2.27. The maximum atomic E-state index is 11.4. The van der Waals surface area contributed by atoms with E-state index in [2.05, 4.69) is 15.6 Å². The first-order valence-corrected chi connectivity index (χ1v) is 7.69. The third-order valence-corrected chi connectivity index (χ3v) is 5.03. The van der Waals surface area contributed by atoms with Crippen molar-refractivity contribution in [1.29, 1.82) is 0 Å². The van der Waals surface area contributed by atoms with Crippen LogP contribution in [-0.2, 0) is 10.8 Å². The molecular weight excluding hydrogens is 252 g/mol. The van der Waals surface area contributed by atoms with Crippen LogP contribution in [0.3, 0.4) is 0 Å². The minimum absolute atomic E-state index is 0.399. The Hall–Kier alpha value is -0.940. The Morgan fingerprint density at radius 1 is 1.29 bits per heavy atom. The molecule has 0 atom stereocenters. The largest absolute Gasteiger partial charge is 0.331 e. The molecule has 0 spiro atoms. The second-order valence-electron chi connectivity index (χ2n) is 4.40. The van der Waals surface area contributed by atoms with Gasteiger partial charge in [0.05, 0.1) is 11.0 Å². The maximum Gasteiger partial charge on any atom is 0.178 e. The van der Waals surface area contributed by atoms with E-state index < -0.39 is 10.8 Å². The van der Waals surface area contributed by atoms with E-state index in [-0.39, 0.29) is 0 Å². The average molecular weight is 266 g/mol. The smallest absolute Gasteiger partial charge is 0.178 e. The van der Waals surface area contributed by atoms with Crippen molar-refractivity contribution in [2.24, 2.45) is 0 Å². The van der Waals surface area contributed by atoms with Crippen molar-refractivity contribution in [2.75, 3.05) is 11.5 Å². The molecular formula is C12H14N2OS2. The highest BCUT2D eigenvalue weighted by Gasteiger charge is 2.21. The Bertz CT molecular complexity index is 619. The molecule has 1 aliphatic rings. The molecule has 1 aromatic heterocycles. The van der Waals surface area contributed by atoms with Crippen LogP contribution in [0.5, 0.6) is 0 Å². The molecule has 5 heteroatoms. The number of aromatic nitrogens is 2. The lowest BCUT2D eigenvalue weighted by atomic mass is 10.1. The molecule has 0 saturated carbocycles. The Balaban J connectivity index is 2.08. The number of hydrogen-bond acceptors (Lipinski definition) is 2. The van der Waals surface area contributed by atoms with E-state index in [4.69, 9.17) is 12.2 Å². The van der Waals surface area contributed by atoms with Gasteiger partial charge in [-0.25, -0.2) is 0 Å². The molecule has 2 aromatic rings. The SMILES string of the molecule is O=S1CCC(n2c(=S)[nH]c3ccccc32)CC1. The molecule has 0 amide bonds. The van der Waals surface area contributed by atoms with Crippen LogP contribution >= 0.6 is 12.2 Å². The van der Waals surface area contributed by atoms with Crippen molar-refractivity contribution in [3.8, 4) is 0 Å². The summed E-state index contributed by atoms with van der Waals surface area (Å²) in [7, 11) is -0.620. The summed E-state index contributed by atoms with van der Waals surface area (Å²) >= 11 is 5.39. The van der Waals surface area contributed by atoms with Gasteiger partial charge >= 0.3 is 0 Å². The molecule has 0 aliphatic carbocycles. The first-order chi connectivity index (χ1) is 8.25. The lowest BCUT2D eigenvalue weighted by Crippen LogP contribution is -2.21. The summed E-state index contributed by atoms with van der Waals surface area (Å²) < 4.78 is 14.4. The number of benzene rings is 1. The quantitative estimate of drug-likeness (QED) is 0.806. The van der Waals surface area contributed by atoms with Gasteiger partial charge in [-0.05, 0) is 37.2 Å². The summed E-state index contributed by atoms with van der Waals surface area (Å²) in [4.78, 5) is 3.24. The Labute approximate surface area is 107 Å². The van der Waals surface area contributed by atoms with Crippen molar-refractivity contribution in [3.63, 3.8) is 0 Å². The minimum Gasteiger partial charge on any atom is -0.331 e. The molecule has 17 heavy (non-hydrogen) atoms. The summed E-state index contributed by atoms with van der Waals surface area (Å²) in [5, 5.41) is 0. The molecule has 1 aliphatic heterocycles. The molecule has 1 fully saturated rings. The number of aromatic amines is 1. The Kier molecular flexibility index (Phi) is 2.88. The van der Waals surface area contributed by atoms with Crippen molar-refractivity contribution >= 4 is 34.1 Å². The van der Waals surface area contributed by atoms with Gasteiger partial charge in [0, 0.05) is 28.3 Å². The van der Waals surface area contributed by atoms with E-state index in [1.807, 2.05) is 18.2 Å². The van der Waals surface area contributed by atoms with E-state index >= 15 is 0 Å². The Morgan fingerprint density at radius 3 is 2.76 bits per heavy atom. The van der Waals surface area contributed by atoms with Crippen molar-refractivity contribution in [2.45, 2.75) is 18.9 Å². The van der Waals surface area contributed by atoms with Crippen LogP contribution in [0.1, 0.15) is 18.9 Å². The maximum absolute atomic E-state index is 11.4. The lowest BCUT2D eigenvalue weighted by Gasteiger charge is -2.23. The number of para-hydroxylation sites is 2. The number of imidazole rings is 1. The van der Waals surface area contributed by atoms with Gasteiger partial charge in [0.15, 0.2) is 4.77 Å². The zero-order valence-electron chi connectivity index (χ0n) is 9.39. The zero-order valence-corrected chi connectivity index (χ0v) is 11.0. The van der Waals surface area contributed by atoms with Gasteiger partial charge in [-0.15, -0.1) is 0 Å². The molecule has 3 nitrogen and oxygen atoms in total. The van der Waals surface area contributed by atoms with Crippen LogP contribution in [0.25, 0.3) is 11.0 Å². The van der Waals surface area contributed by atoms with Gasteiger partial charge in [0.1, 0.15) is 0 Å². The highest BCUT2D eigenvalue weighted by molar-refractivity contribution is 7.85. The van der Waals surface area contributed by atoms with Gasteiger partial charge in [0.25, 0.3) is 0 Å². The molecule has 3 rings (SSSR count). The number of rotatable bonds is 1. The normalized spacial score (nSPS) is 25.2. The van der Waals surface area contributed by atoms with Gasteiger partial charge < -0.3 is 9.55 Å². The van der Waals surface area contributed by atoms with Crippen LogP contribution in [0.2, 0.25) is 0 Å². The summed E-state index contributed by atoms with van der Waals surface area (Å²) in [5.74, 6) is 1.60. The molecule has 1 N–H and O–H groups in total. The van der Waals surface area contributed by atoms with Gasteiger partial charge in [-0.1, -0.05) is 12.1 Å². The van der Waals surface area contributed by atoms with Crippen molar-refractivity contribution in [1.82, 2.24) is 9.55 Å². The molecule has 2 heterocycles. The fourth-order valence-corrected chi connectivity index (χ4v) is 4.11. The Morgan fingerprint density at radius 2 is 2.00 bits per heavy atom. The molecule has 1 aromatic carbocycles. The second-order valence-corrected chi connectivity index (χ2v) is 6.48. The molecule has 0 bridgehead atoms. The summed E-state index contributed by atoms with van der Waals surface area (Å²) in [6.07, 6.45) is 1.92. The van der Waals surface area contributed by atoms with Crippen molar-refractivity contribution < 1.29 is 4.21 Å². The number of nitrogens with one attached hydrogen (secondary N) is 1. The van der Waals surface area contributed by atoms with Gasteiger partial charge in [0.2, 0.25) is 0 Å². The van der Waals surface area contributed by atoms with Crippen LogP contribution in [0, 0.1) is 4.77 Å². The van der Waals surface area contributed by atoms with Crippen LogP contribution in [0.15, 0.2) is 24.3 Å². The molecule has 90 valence electrons. The average Bonchev–Trinajstić information content (AvgIpc) is 2.66.